The van der Waals surface area contributed by atoms with Gasteiger partial charge in [0.2, 0.25) is 0 Å². The minimum absolute atomic E-state index is 0.549. The van der Waals surface area contributed by atoms with Gasteiger partial charge >= 0.3 is 0 Å². The fraction of sp³-hybridized carbons (Fsp3) is 0.333. The van der Waals surface area contributed by atoms with Crippen molar-refractivity contribution in [1.82, 2.24) is 14.9 Å². The van der Waals surface area contributed by atoms with Crippen LogP contribution < -0.4 is 4.90 Å². The molecule has 0 saturated carbocycles. The van der Waals surface area contributed by atoms with Gasteiger partial charge in [-0.25, -0.2) is 4.98 Å². The lowest BCUT2D eigenvalue weighted by Gasteiger charge is -2.36. The molecule has 0 aliphatic carbocycles. The molecule has 4 rings (SSSR count). The number of hydrogen-bond acceptors (Lipinski definition) is 4. The van der Waals surface area contributed by atoms with E-state index in [1.807, 2.05) is 30.6 Å². The second-order valence-electron chi connectivity index (χ2n) is 6.90. The van der Waals surface area contributed by atoms with Crippen LogP contribution in [0.3, 0.4) is 0 Å². The van der Waals surface area contributed by atoms with E-state index in [1.165, 1.54) is 23.6 Å². The van der Waals surface area contributed by atoms with Gasteiger partial charge in [0, 0.05) is 36.4 Å². The third kappa shape index (κ3) is 3.10. The maximum Gasteiger partial charge on any atom is 0.136 e. The summed E-state index contributed by atoms with van der Waals surface area (Å²) in [6, 6.07) is 15.1. The van der Waals surface area contributed by atoms with E-state index >= 15 is 0 Å². The molecular formula is C21H24N4. The standard InChI is InChI=1S/C21H24N4/c1-24-13-10-16(11-14-24)25(2)21-18-8-4-3-7-17(18)19(15-23-21)20-9-5-6-12-22-20/h3-9,12,15-16H,10-11,13-14H2,1-2H3. The average molecular weight is 332 g/mol. The van der Waals surface area contributed by atoms with E-state index in [1.54, 1.807) is 0 Å². The summed E-state index contributed by atoms with van der Waals surface area (Å²) >= 11 is 0. The normalized spacial score (nSPS) is 16.2. The van der Waals surface area contributed by atoms with Crippen molar-refractivity contribution < 1.29 is 0 Å². The van der Waals surface area contributed by atoms with Crippen molar-refractivity contribution in [2.45, 2.75) is 18.9 Å². The molecular weight excluding hydrogens is 308 g/mol. The predicted molar refractivity (Wildman–Crippen MR) is 104 cm³/mol. The third-order valence-corrected chi connectivity index (χ3v) is 5.28. The van der Waals surface area contributed by atoms with Gasteiger partial charge in [-0.2, -0.15) is 0 Å². The van der Waals surface area contributed by atoms with Crippen LogP contribution in [0.25, 0.3) is 22.0 Å². The van der Waals surface area contributed by atoms with Gasteiger partial charge in [0.25, 0.3) is 0 Å². The number of hydrogen-bond donors (Lipinski definition) is 0. The van der Waals surface area contributed by atoms with Crippen LogP contribution in [0.4, 0.5) is 5.82 Å². The Morgan fingerprint density at radius 2 is 1.68 bits per heavy atom. The molecule has 0 spiro atoms. The van der Waals surface area contributed by atoms with E-state index in [0.717, 1.165) is 30.2 Å². The molecule has 1 aliphatic rings. The van der Waals surface area contributed by atoms with E-state index in [0.29, 0.717) is 6.04 Å². The van der Waals surface area contributed by atoms with Crippen molar-refractivity contribution in [2.75, 3.05) is 32.1 Å². The van der Waals surface area contributed by atoms with E-state index in [9.17, 15) is 0 Å². The number of nitrogens with zero attached hydrogens (tertiary/aromatic N) is 4. The summed E-state index contributed by atoms with van der Waals surface area (Å²) in [5, 5.41) is 2.41. The summed E-state index contributed by atoms with van der Waals surface area (Å²) in [5.74, 6) is 1.07. The van der Waals surface area contributed by atoms with Crippen LogP contribution in [0, 0.1) is 0 Å². The first-order valence-corrected chi connectivity index (χ1v) is 8.94. The minimum atomic E-state index is 0.549. The molecule has 1 fully saturated rings. The summed E-state index contributed by atoms with van der Waals surface area (Å²) in [7, 11) is 4.39. The third-order valence-electron chi connectivity index (χ3n) is 5.28. The first kappa shape index (κ1) is 16.0. The summed E-state index contributed by atoms with van der Waals surface area (Å²) < 4.78 is 0. The fourth-order valence-corrected chi connectivity index (χ4v) is 3.74. The molecule has 1 saturated heterocycles. The van der Waals surface area contributed by atoms with Crippen LogP contribution in [0.1, 0.15) is 12.8 Å². The van der Waals surface area contributed by atoms with Crippen molar-refractivity contribution in [1.29, 1.82) is 0 Å². The molecule has 4 heteroatoms. The number of rotatable bonds is 3. The predicted octanol–water partition coefficient (Wildman–Crippen LogP) is 3.83. The van der Waals surface area contributed by atoms with E-state index in [-0.39, 0.29) is 0 Å². The SMILES string of the molecule is CN1CCC(N(C)c2ncc(-c3ccccn3)c3ccccc23)CC1. The van der Waals surface area contributed by atoms with Crippen molar-refractivity contribution in [2.24, 2.45) is 0 Å². The second-order valence-corrected chi connectivity index (χ2v) is 6.90. The maximum absolute atomic E-state index is 4.85. The summed E-state index contributed by atoms with van der Waals surface area (Å²) in [4.78, 5) is 14.1. The molecule has 4 nitrogen and oxygen atoms in total. The van der Waals surface area contributed by atoms with E-state index < -0.39 is 0 Å². The number of pyridine rings is 2. The van der Waals surface area contributed by atoms with Crippen molar-refractivity contribution in [3.8, 4) is 11.3 Å². The summed E-state index contributed by atoms with van der Waals surface area (Å²) in [5.41, 5.74) is 2.07. The highest BCUT2D eigenvalue weighted by molar-refractivity contribution is 6.01. The van der Waals surface area contributed by atoms with Crippen molar-refractivity contribution in [3.05, 3.63) is 54.9 Å². The average Bonchev–Trinajstić information content (AvgIpc) is 2.68. The van der Waals surface area contributed by atoms with E-state index in [4.69, 9.17) is 4.98 Å². The van der Waals surface area contributed by atoms with Gasteiger partial charge in [0.1, 0.15) is 5.82 Å². The van der Waals surface area contributed by atoms with Gasteiger partial charge in [0.05, 0.1) is 5.69 Å². The van der Waals surface area contributed by atoms with Gasteiger partial charge in [-0.15, -0.1) is 0 Å². The second kappa shape index (κ2) is 6.81. The Labute approximate surface area is 149 Å². The molecule has 2 aromatic heterocycles. The highest BCUT2D eigenvalue weighted by Crippen LogP contribution is 2.33. The van der Waals surface area contributed by atoms with Gasteiger partial charge in [-0.3, -0.25) is 4.98 Å². The molecule has 0 radical (unpaired) electrons. The zero-order valence-electron chi connectivity index (χ0n) is 14.9. The van der Waals surface area contributed by atoms with Crippen LogP contribution in [0.5, 0.6) is 0 Å². The molecule has 0 N–H and O–H groups in total. The highest BCUT2D eigenvalue weighted by Gasteiger charge is 2.23. The number of aromatic nitrogens is 2. The number of fused-ring (bicyclic) bond motifs is 1. The highest BCUT2D eigenvalue weighted by atomic mass is 15.2. The van der Waals surface area contributed by atoms with Crippen LogP contribution in [0.2, 0.25) is 0 Å². The van der Waals surface area contributed by atoms with Crippen LogP contribution in [0.15, 0.2) is 54.9 Å². The zero-order chi connectivity index (χ0) is 17.2. The van der Waals surface area contributed by atoms with Crippen LogP contribution >= 0.6 is 0 Å². The molecule has 128 valence electrons. The van der Waals surface area contributed by atoms with Gasteiger partial charge in [-0.05, 0) is 50.5 Å². The molecule has 0 bridgehead atoms. The Balaban J connectivity index is 1.76. The molecule has 0 amide bonds. The van der Waals surface area contributed by atoms with Gasteiger partial charge in [-0.1, -0.05) is 30.3 Å². The Morgan fingerprint density at radius 3 is 2.40 bits per heavy atom. The Hall–Kier alpha value is -2.46. The number of likely N-dealkylation sites (tertiary alicyclic amines) is 1. The van der Waals surface area contributed by atoms with Crippen molar-refractivity contribution in [3.63, 3.8) is 0 Å². The lowest BCUT2D eigenvalue weighted by Crippen LogP contribution is -2.42. The number of benzene rings is 1. The smallest absolute Gasteiger partial charge is 0.136 e. The lowest BCUT2D eigenvalue weighted by atomic mass is 10.0. The van der Waals surface area contributed by atoms with Gasteiger partial charge < -0.3 is 9.80 Å². The number of piperidine rings is 1. The van der Waals surface area contributed by atoms with Crippen LogP contribution in [-0.4, -0.2) is 48.1 Å². The summed E-state index contributed by atoms with van der Waals surface area (Å²) in [6.45, 7) is 2.30. The Morgan fingerprint density at radius 1 is 0.960 bits per heavy atom. The molecule has 3 aromatic rings. The Bertz CT molecular complexity index is 854. The minimum Gasteiger partial charge on any atom is -0.356 e. The fourth-order valence-electron chi connectivity index (χ4n) is 3.74. The first-order chi connectivity index (χ1) is 12.2. The maximum atomic E-state index is 4.85. The van der Waals surface area contributed by atoms with Gasteiger partial charge in [0.15, 0.2) is 0 Å². The Kier molecular flexibility index (Phi) is 4.36. The van der Waals surface area contributed by atoms with Crippen molar-refractivity contribution >= 4 is 16.6 Å². The topological polar surface area (TPSA) is 32.3 Å². The largest absolute Gasteiger partial charge is 0.356 e. The van der Waals surface area contributed by atoms with Crippen LogP contribution in [-0.2, 0) is 0 Å². The zero-order valence-corrected chi connectivity index (χ0v) is 14.9. The molecule has 0 unspecified atom stereocenters. The monoisotopic (exact) mass is 332 g/mol. The number of anilines is 1. The molecule has 3 heterocycles. The lowest BCUT2D eigenvalue weighted by molar-refractivity contribution is 0.252. The molecule has 25 heavy (non-hydrogen) atoms. The quantitative estimate of drug-likeness (QED) is 0.730. The molecule has 1 aromatic carbocycles. The first-order valence-electron chi connectivity index (χ1n) is 8.94. The molecule has 0 atom stereocenters. The summed E-state index contributed by atoms with van der Waals surface area (Å²) in [6.07, 6.45) is 6.18. The van der Waals surface area contributed by atoms with E-state index in [2.05, 4.69) is 53.1 Å². The molecule has 1 aliphatic heterocycles.